The summed E-state index contributed by atoms with van der Waals surface area (Å²) in [6.07, 6.45) is 4.49. The molecule has 0 bridgehead atoms. The van der Waals surface area contributed by atoms with E-state index in [0.717, 1.165) is 32.2 Å². The molecule has 0 saturated heterocycles. The van der Waals surface area contributed by atoms with Crippen molar-refractivity contribution in [3.63, 3.8) is 0 Å². The van der Waals surface area contributed by atoms with Crippen LogP contribution in [-0.2, 0) is 4.79 Å². The van der Waals surface area contributed by atoms with Gasteiger partial charge < -0.3 is 5.32 Å². The van der Waals surface area contributed by atoms with E-state index in [2.05, 4.69) is 12.2 Å². The van der Waals surface area contributed by atoms with Crippen molar-refractivity contribution in [2.45, 2.75) is 32.6 Å². The minimum Gasteiger partial charge on any atom is -0.356 e. The fourth-order valence-electron chi connectivity index (χ4n) is 0.878. The SMILES string of the molecule is CCCCNC(=O)C1CC1. The zero-order valence-corrected chi connectivity index (χ0v) is 6.52. The molecule has 0 spiro atoms. The molecule has 1 fully saturated rings. The van der Waals surface area contributed by atoms with Crippen LogP contribution in [0.2, 0.25) is 0 Å². The summed E-state index contributed by atoms with van der Waals surface area (Å²) < 4.78 is 0. The maximum Gasteiger partial charge on any atom is 0.223 e. The Morgan fingerprint density at radius 2 is 2.30 bits per heavy atom. The zero-order valence-electron chi connectivity index (χ0n) is 6.52. The van der Waals surface area contributed by atoms with Crippen LogP contribution in [-0.4, -0.2) is 12.5 Å². The lowest BCUT2D eigenvalue weighted by molar-refractivity contribution is -0.122. The van der Waals surface area contributed by atoms with Gasteiger partial charge in [0.05, 0.1) is 0 Å². The van der Waals surface area contributed by atoms with Gasteiger partial charge >= 0.3 is 0 Å². The Hall–Kier alpha value is -0.530. The molecule has 0 atom stereocenters. The van der Waals surface area contributed by atoms with Crippen molar-refractivity contribution in [1.82, 2.24) is 5.32 Å². The number of rotatable bonds is 4. The van der Waals surface area contributed by atoms with Crippen LogP contribution in [0.4, 0.5) is 0 Å². The highest BCUT2D eigenvalue weighted by Crippen LogP contribution is 2.28. The van der Waals surface area contributed by atoms with Crippen molar-refractivity contribution in [2.75, 3.05) is 6.54 Å². The maximum absolute atomic E-state index is 11.0. The van der Waals surface area contributed by atoms with Crippen molar-refractivity contribution < 1.29 is 4.79 Å². The van der Waals surface area contributed by atoms with Crippen molar-refractivity contribution in [1.29, 1.82) is 0 Å². The number of amides is 1. The van der Waals surface area contributed by atoms with Gasteiger partial charge in [-0.2, -0.15) is 0 Å². The molecule has 1 aliphatic carbocycles. The van der Waals surface area contributed by atoms with Crippen LogP contribution in [0.3, 0.4) is 0 Å². The minimum atomic E-state index is 0.272. The van der Waals surface area contributed by atoms with Crippen LogP contribution < -0.4 is 5.32 Å². The third kappa shape index (κ3) is 2.38. The summed E-state index contributed by atoms with van der Waals surface area (Å²) in [6.45, 7) is 3.00. The minimum absolute atomic E-state index is 0.272. The Morgan fingerprint density at radius 1 is 1.60 bits per heavy atom. The Kier molecular flexibility index (Phi) is 2.72. The third-order valence-corrected chi connectivity index (χ3v) is 1.78. The first-order chi connectivity index (χ1) is 4.84. The monoisotopic (exact) mass is 141 g/mol. The first-order valence-corrected chi connectivity index (χ1v) is 4.12. The molecule has 0 aromatic heterocycles. The highest BCUT2D eigenvalue weighted by Gasteiger charge is 2.28. The number of carbonyl (C=O) groups is 1. The Morgan fingerprint density at radius 3 is 2.80 bits per heavy atom. The predicted molar refractivity (Wildman–Crippen MR) is 40.6 cm³/mol. The van der Waals surface area contributed by atoms with E-state index in [-0.39, 0.29) is 5.91 Å². The largest absolute Gasteiger partial charge is 0.356 e. The molecule has 1 N–H and O–H groups in total. The van der Waals surface area contributed by atoms with Gasteiger partial charge in [0.1, 0.15) is 0 Å². The Balaban J connectivity index is 1.95. The summed E-state index contributed by atoms with van der Waals surface area (Å²) in [5.41, 5.74) is 0. The van der Waals surface area contributed by atoms with Crippen LogP contribution in [0.1, 0.15) is 32.6 Å². The highest BCUT2D eigenvalue weighted by molar-refractivity contribution is 5.80. The van der Waals surface area contributed by atoms with Gasteiger partial charge in [-0.05, 0) is 19.3 Å². The van der Waals surface area contributed by atoms with Crippen LogP contribution in [0.15, 0.2) is 0 Å². The summed E-state index contributed by atoms with van der Waals surface area (Å²) in [6, 6.07) is 0. The van der Waals surface area contributed by atoms with E-state index < -0.39 is 0 Å². The summed E-state index contributed by atoms with van der Waals surface area (Å²) in [4.78, 5) is 11.0. The average Bonchev–Trinajstić information content (AvgIpc) is 2.69. The van der Waals surface area contributed by atoms with Gasteiger partial charge in [0.25, 0.3) is 0 Å². The normalized spacial score (nSPS) is 16.9. The van der Waals surface area contributed by atoms with Gasteiger partial charge in [-0.3, -0.25) is 4.79 Å². The first-order valence-electron chi connectivity index (χ1n) is 4.12. The second-order valence-electron chi connectivity index (χ2n) is 2.92. The Bertz CT molecular complexity index is 118. The van der Waals surface area contributed by atoms with Gasteiger partial charge in [-0.1, -0.05) is 13.3 Å². The molecule has 1 amide bonds. The van der Waals surface area contributed by atoms with Crippen molar-refractivity contribution >= 4 is 5.91 Å². The van der Waals surface area contributed by atoms with E-state index in [1.54, 1.807) is 0 Å². The molecular formula is C8H15NO. The second kappa shape index (κ2) is 3.59. The van der Waals surface area contributed by atoms with Gasteiger partial charge in [0, 0.05) is 12.5 Å². The summed E-state index contributed by atoms with van der Waals surface area (Å²) in [5.74, 6) is 0.644. The first kappa shape index (κ1) is 7.58. The van der Waals surface area contributed by atoms with E-state index in [1.807, 2.05) is 0 Å². The molecule has 0 unspecified atom stereocenters. The molecule has 1 rings (SSSR count). The predicted octanol–water partition coefficient (Wildman–Crippen LogP) is 1.31. The second-order valence-corrected chi connectivity index (χ2v) is 2.92. The highest BCUT2D eigenvalue weighted by atomic mass is 16.2. The topological polar surface area (TPSA) is 29.1 Å². The van der Waals surface area contributed by atoms with Gasteiger partial charge in [0.2, 0.25) is 5.91 Å². The van der Waals surface area contributed by atoms with Crippen molar-refractivity contribution in [3.05, 3.63) is 0 Å². The molecule has 0 aliphatic heterocycles. The third-order valence-electron chi connectivity index (χ3n) is 1.78. The molecule has 2 nitrogen and oxygen atoms in total. The molecule has 0 heterocycles. The fraction of sp³-hybridized carbons (Fsp3) is 0.875. The lowest BCUT2D eigenvalue weighted by atomic mass is 10.3. The lowest BCUT2D eigenvalue weighted by Gasteiger charge is -2.00. The van der Waals surface area contributed by atoms with Crippen LogP contribution >= 0.6 is 0 Å². The molecule has 0 aromatic carbocycles. The number of hydrogen-bond acceptors (Lipinski definition) is 1. The van der Waals surface area contributed by atoms with Crippen LogP contribution in [0.25, 0.3) is 0 Å². The standard InChI is InChI=1S/C8H15NO/c1-2-3-6-9-8(10)7-4-5-7/h7H,2-6H2,1H3,(H,9,10). The van der Waals surface area contributed by atoms with Crippen LogP contribution in [0, 0.1) is 5.92 Å². The molecular weight excluding hydrogens is 126 g/mol. The lowest BCUT2D eigenvalue weighted by Crippen LogP contribution is -2.25. The molecule has 10 heavy (non-hydrogen) atoms. The van der Waals surface area contributed by atoms with Gasteiger partial charge in [-0.15, -0.1) is 0 Å². The number of nitrogens with one attached hydrogen (secondary N) is 1. The molecule has 1 aliphatic rings. The van der Waals surface area contributed by atoms with Gasteiger partial charge in [0.15, 0.2) is 0 Å². The molecule has 0 aromatic rings. The van der Waals surface area contributed by atoms with E-state index in [9.17, 15) is 4.79 Å². The number of hydrogen-bond donors (Lipinski definition) is 1. The van der Waals surface area contributed by atoms with Gasteiger partial charge in [-0.25, -0.2) is 0 Å². The average molecular weight is 141 g/mol. The van der Waals surface area contributed by atoms with Crippen LogP contribution in [0.5, 0.6) is 0 Å². The van der Waals surface area contributed by atoms with E-state index in [4.69, 9.17) is 0 Å². The molecule has 1 saturated carbocycles. The van der Waals surface area contributed by atoms with E-state index >= 15 is 0 Å². The summed E-state index contributed by atoms with van der Waals surface area (Å²) in [7, 11) is 0. The van der Waals surface area contributed by atoms with Crippen molar-refractivity contribution in [3.8, 4) is 0 Å². The smallest absolute Gasteiger partial charge is 0.223 e. The fourth-order valence-corrected chi connectivity index (χ4v) is 0.878. The Labute approximate surface area is 62.0 Å². The van der Waals surface area contributed by atoms with E-state index in [0.29, 0.717) is 5.92 Å². The summed E-state index contributed by atoms with van der Waals surface area (Å²) >= 11 is 0. The molecule has 2 heteroatoms. The molecule has 0 radical (unpaired) electrons. The van der Waals surface area contributed by atoms with Crippen molar-refractivity contribution in [2.24, 2.45) is 5.92 Å². The number of carbonyl (C=O) groups excluding carboxylic acids is 1. The zero-order chi connectivity index (χ0) is 7.40. The quantitative estimate of drug-likeness (QED) is 0.588. The number of unbranched alkanes of at least 4 members (excludes halogenated alkanes) is 1. The molecule has 58 valence electrons. The maximum atomic E-state index is 11.0. The summed E-state index contributed by atoms with van der Waals surface area (Å²) in [5, 5.41) is 2.91. The van der Waals surface area contributed by atoms with E-state index in [1.165, 1.54) is 0 Å².